The van der Waals surface area contributed by atoms with E-state index in [1.54, 1.807) is 6.20 Å². The standard InChI is InChI=1S/C24H25N5O2/c30-23-2-1-13-29(23)21-7-3-18(4-8-21)22-11-12-25-24(27-22)26-19-5-9-20(10-6-19)28-14-16-31-17-15-28/h3-12H,1-2,13-17H2,(H,25,26,27). The summed E-state index contributed by atoms with van der Waals surface area (Å²) in [5, 5.41) is 3.29. The molecule has 1 aromatic heterocycles. The number of morpholine rings is 1. The summed E-state index contributed by atoms with van der Waals surface area (Å²) >= 11 is 0. The summed E-state index contributed by atoms with van der Waals surface area (Å²) in [6.45, 7) is 4.18. The molecule has 31 heavy (non-hydrogen) atoms. The Bertz CT molecular complexity index is 1050. The van der Waals surface area contributed by atoms with Gasteiger partial charge in [-0.1, -0.05) is 12.1 Å². The molecule has 158 valence electrons. The molecule has 0 bridgehead atoms. The minimum absolute atomic E-state index is 0.195. The van der Waals surface area contributed by atoms with E-state index in [9.17, 15) is 4.79 Å². The maximum absolute atomic E-state index is 11.9. The van der Waals surface area contributed by atoms with Gasteiger partial charge in [-0.25, -0.2) is 9.97 Å². The van der Waals surface area contributed by atoms with Crippen molar-refractivity contribution < 1.29 is 9.53 Å². The summed E-state index contributed by atoms with van der Waals surface area (Å²) in [6, 6.07) is 18.2. The Morgan fingerprint density at radius 2 is 1.61 bits per heavy atom. The molecule has 0 aliphatic carbocycles. The van der Waals surface area contributed by atoms with Crippen LogP contribution in [0.25, 0.3) is 11.3 Å². The number of carbonyl (C=O) groups excluding carboxylic acids is 1. The average Bonchev–Trinajstić information content (AvgIpc) is 3.26. The third kappa shape index (κ3) is 4.36. The highest BCUT2D eigenvalue weighted by Gasteiger charge is 2.21. The topological polar surface area (TPSA) is 70.6 Å². The summed E-state index contributed by atoms with van der Waals surface area (Å²) in [6.07, 6.45) is 3.32. The zero-order chi connectivity index (χ0) is 21.0. The summed E-state index contributed by atoms with van der Waals surface area (Å²) < 4.78 is 5.42. The van der Waals surface area contributed by atoms with Gasteiger partial charge in [0.05, 0.1) is 18.9 Å². The number of hydrogen-bond donors (Lipinski definition) is 1. The maximum atomic E-state index is 11.9. The number of aromatic nitrogens is 2. The lowest BCUT2D eigenvalue weighted by molar-refractivity contribution is -0.117. The zero-order valence-corrected chi connectivity index (χ0v) is 17.3. The molecule has 0 radical (unpaired) electrons. The molecule has 2 saturated heterocycles. The third-order valence-corrected chi connectivity index (χ3v) is 5.70. The van der Waals surface area contributed by atoms with Crippen molar-refractivity contribution in [2.75, 3.05) is 48.0 Å². The molecule has 7 heteroatoms. The molecular formula is C24H25N5O2. The van der Waals surface area contributed by atoms with Crippen molar-refractivity contribution >= 4 is 28.9 Å². The van der Waals surface area contributed by atoms with Crippen LogP contribution in [0.15, 0.2) is 60.8 Å². The summed E-state index contributed by atoms with van der Waals surface area (Å²) in [5.41, 5.74) is 4.90. The molecule has 2 aromatic carbocycles. The Morgan fingerprint density at radius 1 is 0.871 bits per heavy atom. The molecule has 5 rings (SSSR count). The fourth-order valence-corrected chi connectivity index (χ4v) is 4.02. The summed E-state index contributed by atoms with van der Waals surface area (Å²) in [7, 11) is 0. The van der Waals surface area contributed by atoms with Crippen molar-refractivity contribution in [1.82, 2.24) is 9.97 Å². The van der Waals surface area contributed by atoms with Crippen molar-refractivity contribution in [3.8, 4) is 11.3 Å². The lowest BCUT2D eigenvalue weighted by atomic mass is 10.1. The first-order valence-electron chi connectivity index (χ1n) is 10.7. The van der Waals surface area contributed by atoms with Crippen molar-refractivity contribution in [2.45, 2.75) is 12.8 Å². The molecule has 2 fully saturated rings. The number of carbonyl (C=O) groups is 1. The van der Waals surface area contributed by atoms with E-state index in [1.165, 1.54) is 5.69 Å². The Morgan fingerprint density at radius 3 is 2.32 bits per heavy atom. The Labute approximate surface area is 181 Å². The SMILES string of the molecule is O=C1CCCN1c1ccc(-c2ccnc(Nc3ccc(N4CCOCC4)cc3)n2)cc1. The lowest BCUT2D eigenvalue weighted by Crippen LogP contribution is -2.36. The van der Waals surface area contributed by atoms with Crippen LogP contribution in [0.3, 0.4) is 0 Å². The van der Waals surface area contributed by atoms with Gasteiger partial charge in [-0.2, -0.15) is 0 Å². The highest BCUT2D eigenvalue weighted by atomic mass is 16.5. The van der Waals surface area contributed by atoms with Gasteiger partial charge in [0.15, 0.2) is 0 Å². The minimum atomic E-state index is 0.195. The van der Waals surface area contributed by atoms with Crippen LogP contribution in [-0.4, -0.2) is 48.7 Å². The van der Waals surface area contributed by atoms with Gasteiger partial charge in [-0.15, -0.1) is 0 Å². The van der Waals surface area contributed by atoms with Crippen LogP contribution in [0.1, 0.15) is 12.8 Å². The molecule has 7 nitrogen and oxygen atoms in total. The first-order chi connectivity index (χ1) is 15.3. The smallest absolute Gasteiger partial charge is 0.227 e. The number of ether oxygens (including phenoxy) is 1. The van der Waals surface area contributed by atoms with Crippen molar-refractivity contribution in [3.05, 3.63) is 60.8 Å². The van der Waals surface area contributed by atoms with E-state index < -0.39 is 0 Å². The fraction of sp³-hybridized carbons (Fsp3) is 0.292. The van der Waals surface area contributed by atoms with E-state index in [0.29, 0.717) is 12.4 Å². The first kappa shape index (κ1) is 19.5. The number of nitrogens with zero attached hydrogens (tertiary/aromatic N) is 4. The van der Waals surface area contributed by atoms with Crippen molar-refractivity contribution in [1.29, 1.82) is 0 Å². The van der Waals surface area contributed by atoms with Crippen LogP contribution in [0.4, 0.5) is 23.0 Å². The van der Waals surface area contributed by atoms with Gasteiger partial charge in [0.1, 0.15) is 0 Å². The predicted octanol–water partition coefficient (Wildman–Crippen LogP) is 3.85. The van der Waals surface area contributed by atoms with E-state index in [4.69, 9.17) is 4.74 Å². The normalized spacial score (nSPS) is 16.6. The highest BCUT2D eigenvalue weighted by molar-refractivity contribution is 5.95. The fourth-order valence-electron chi connectivity index (χ4n) is 4.02. The van der Waals surface area contributed by atoms with Gasteiger partial charge in [-0.3, -0.25) is 4.79 Å². The van der Waals surface area contributed by atoms with Gasteiger partial charge >= 0.3 is 0 Å². The Balaban J connectivity index is 1.28. The zero-order valence-electron chi connectivity index (χ0n) is 17.3. The van der Waals surface area contributed by atoms with E-state index in [1.807, 2.05) is 47.4 Å². The monoisotopic (exact) mass is 415 g/mol. The van der Waals surface area contributed by atoms with Crippen LogP contribution < -0.4 is 15.1 Å². The molecule has 0 unspecified atom stereocenters. The Hall–Kier alpha value is -3.45. The molecular weight excluding hydrogens is 390 g/mol. The van der Waals surface area contributed by atoms with Crippen molar-refractivity contribution in [2.24, 2.45) is 0 Å². The molecule has 2 aliphatic heterocycles. The quantitative estimate of drug-likeness (QED) is 0.683. The molecule has 2 aliphatic rings. The van der Waals surface area contributed by atoms with Crippen LogP contribution in [0.2, 0.25) is 0 Å². The second kappa shape index (κ2) is 8.73. The molecule has 3 heterocycles. The molecule has 1 N–H and O–H groups in total. The minimum Gasteiger partial charge on any atom is -0.378 e. The van der Waals surface area contributed by atoms with E-state index in [2.05, 4.69) is 32.3 Å². The molecule has 0 atom stereocenters. The van der Waals surface area contributed by atoms with Crippen molar-refractivity contribution in [3.63, 3.8) is 0 Å². The van der Waals surface area contributed by atoms with Gasteiger partial charge in [0.2, 0.25) is 11.9 Å². The van der Waals surface area contributed by atoms with E-state index in [0.717, 1.165) is 61.9 Å². The number of benzene rings is 2. The number of amides is 1. The number of rotatable bonds is 5. The first-order valence-corrected chi connectivity index (χ1v) is 10.7. The van der Waals surface area contributed by atoms with Gasteiger partial charge in [0.25, 0.3) is 0 Å². The number of nitrogens with one attached hydrogen (secondary N) is 1. The summed E-state index contributed by atoms with van der Waals surface area (Å²) in [5.74, 6) is 0.747. The largest absolute Gasteiger partial charge is 0.378 e. The summed E-state index contributed by atoms with van der Waals surface area (Å²) in [4.78, 5) is 25.1. The lowest BCUT2D eigenvalue weighted by Gasteiger charge is -2.28. The predicted molar refractivity (Wildman–Crippen MR) is 122 cm³/mol. The van der Waals surface area contributed by atoms with Crippen LogP contribution in [-0.2, 0) is 9.53 Å². The van der Waals surface area contributed by atoms with Crippen LogP contribution in [0, 0.1) is 0 Å². The molecule has 3 aromatic rings. The van der Waals surface area contributed by atoms with Crippen LogP contribution in [0.5, 0.6) is 0 Å². The number of anilines is 4. The van der Waals surface area contributed by atoms with Gasteiger partial charge < -0.3 is 19.9 Å². The van der Waals surface area contributed by atoms with Crippen LogP contribution >= 0.6 is 0 Å². The third-order valence-electron chi connectivity index (χ3n) is 5.70. The second-order valence-corrected chi connectivity index (χ2v) is 7.73. The molecule has 1 amide bonds. The Kier molecular flexibility index (Phi) is 5.50. The van der Waals surface area contributed by atoms with Gasteiger partial charge in [0, 0.05) is 54.9 Å². The molecule has 0 saturated carbocycles. The van der Waals surface area contributed by atoms with Gasteiger partial charge in [-0.05, 0) is 48.9 Å². The second-order valence-electron chi connectivity index (χ2n) is 7.73. The van der Waals surface area contributed by atoms with E-state index >= 15 is 0 Å². The van der Waals surface area contributed by atoms with E-state index in [-0.39, 0.29) is 5.91 Å². The average molecular weight is 415 g/mol. The molecule has 0 spiro atoms. The highest BCUT2D eigenvalue weighted by Crippen LogP contribution is 2.26. The maximum Gasteiger partial charge on any atom is 0.227 e. The number of hydrogen-bond acceptors (Lipinski definition) is 6.